The molecule has 0 amide bonds. The Labute approximate surface area is 92.5 Å². The van der Waals surface area contributed by atoms with Crippen LogP contribution in [0.1, 0.15) is 21.7 Å². The van der Waals surface area contributed by atoms with Gasteiger partial charge in [0, 0.05) is 0 Å². The number of ketones is 1. The Balaban J connectivity index is 2.47. The highest BCUT2D eigenvalue weighted by Gasteiger charge is 2.16. The van der Waals surface area contributed by atoms with Gasteiger partial charge in [0.1, 0.15) is 12.1 Å². The number of carbonyl (C=O) groups is 1. The Morgan fingerprint density at radius 1 is 1.44 bits per heavy atom. The lowest BCUT2D eigenvalue weighted by Gasteiger charge is -2.06. The molecule has 0 aliphatic rings. The van der Waals surface area contributed by atoms with Crippen molar-refractivity contribution in [3.63, 3.8) is 0 Å². The van der Waals surface area contributed by atoms with Crippen molar-refractivity contribution in [3.8, 4) is 5.75 Å². The number of methoxy groups -OCH3 is 1. The van der Waals surface area contributed by atoms with Crippen molar-refractivity contribution in [2.45, 2.75) is 6.92 Å². The monoisotopic (exact) mass is 217 g/mol. The predicted octanol–water partition coefficient (Wildman–Crippen LogP) is 1.35. The number of hydrogen-bond donors (Lipinski definition) is 1. The Kier molecular flexibility index (Phi) is 2.68. The third-order valence-corrected chi connectivity index (χ3v) is 2.23. The molecule has 82 valence electrons. The summed E-state index contributed by atoms with van der Waals surface area (Å²) in [7, 11) is 1.53. The van der Waals surface area contributed by atoms with Crippen LogP contribution in [0.25, 0.3) is 0 Å². The van der Waals surface area contributed by atoms with E-state index in [2.05, 4.69) is 15.2 Å². The van der Waals surface area contributed by atoms with E-state index in [4.69, 9.17) is 4.74 Å². The van der Waals surface area contributed by atoms with Crippen molar-refractivity contribution in [2.24, 2.45) is 0 Å². The van der Waals surface area contributed by atoms with Gasteiger partial charge in [-0.3, -0.25) is 9.89 Å². The molecule has 2 aromatic rings. The molecule has 0 atom stereocenters. The zero-order valence-corrected chi connectivity index (χ0v) is 9.02. The molecule has 1 aromatic carbocycles. The minimum absolute atomic E-state index is 0.212. The van der Waals surface area contributed by atoms with Gasteiger partial charge < -0.3 is 4.74 Å². The minimum atomic E-state index is -0.224. The number of ether oxygens (including phenoxy) is 1. The molecule has 5 nitrogen and oxygen atoms in total. The van der Waals surface area contributed by atoms with Crippen LogP contribution in [0.5, 0.6) is 5.75 Å². The molecule has 0 fully saturated rings. The third kappa shape index (κ3) is 1.79. The van der Waals surface area contributed by atoms with E-state index in [1.165, 1.54) is 13.4 Å². The highest BCUT2D eigenvalue weighted by atomic mass is 16.5. The lowest BCUT2D eigenvalue weighted by atomic mass is 10.1. The van der Waals surface area contributed by atoms with Crippen LogP contribution in [0.15, 0.2) is 24.5 Å². The second kappa shape index (κ2) is 4.14. The fourth-order valence-corrected chi connectivity index (χ4v) is 1.44. The normalized spacial score (nSPS) is 10.1. The Bertz CT molecular complexity index is 506. The van der Waals surface area contributed by atoms with E-state index >= 15 is 0 Å². The number of H-pyrrole nitrogens is 1. The maximum Gasteiger partial charge on any atom is 0.233 e. The van der Waals surface area contributed by atoms with Gasteiger partial charge in [-0.2, -0.15) is 5.10 Å². The molecule has 1 heterocycles. The fourth-order valence-electron chi connectivity index (χ4n) is 1.44. The molecule has 2 rings (SSSR count). The highest BCUT2D eigenvalue weighted by molar-refractivity contribution is 6.08. The molecule has 5 heteroatoms. The SMILES string of the molecule is COc1ccc(C)cc1C(=O)c1ncn[nH]1. The van der Waals surface area contributed by atoms with Crippen LogP contribution in [0, 0.1) is 6.92 Å². The number of aromatic nitrogens is 3. The summed E-state index contributed by atoms with van der Waals surface area (Å²) in [6.45, 7) is 1.91. The van der Waals surface area contributed by atoms with E-state index < -0.39 is 0 Å². The van der Waals surface area contributed by atoms with Crippen LogP contribution in [0.2, 0.25) is 0 Å². The van der Waals surface area contributed by atoms with Crippen molar-refractivity contribution in [1.29, 1.82) is 0 Å². The van der Waals surface area contributed by atoms with Gasteiger partial charge in [0.2, 0.25) is 5.78 Å². The number of nitrogens with one attached hydrogen (secondary N) is 1. The predicted molar refractivity (Wildman–Crippen MR) is 57.5 cm³/mol. The zero-order valence-electron chi connectivity index (χ0n) is 9.02. The third-order valence-electron chi connectivity index (χ3n) is 2.23. The lowest BCUT2D eigenvalue weighted by molar-refractivity contribution is 0.102. The summed E-state index contributed by atoms with van der Waals surface area (Å²) in [4.78, 5) is 15.9. The van der Waals surface area contributed by atoms with Crippen molar-refractivity contribution in [2.75, 3.05) is 7.11 Å². The number of benzene rings is 1. The minimum Gasteiger partial charge on any atom is -0.496 e. The van der Waals surface area contributed by atoms with E-state index in [9.17, 15) is 4.79 Å². The fraction of sp³-hybridized carbons (Fsp3) is 0.182. The molecule has 0 radical (unpaired) electrons. The van der Waals surface area contributed by atoms with Crippen LogP contribution in [-0.2, 0) is 0 Å². The molecular weight excluding hydrogens is 206 g/mol. The maximum absolute atomic E-state index is 12.0. The van der Waals surface area contributed by atoms with E-state index in [1.807, 2.05) is 13.0 Å². The highest BCUT2D eigenvalue weighted by Crippen LogP contribution is 2.21. The van der Waals surface area contributed by atoms with Gasteiger partial charge in [0.25, 0.3) is 0 Å². The van der Waals surface area contributed by atoms with E-state index in [0.717, 1.165) is 5.56 Å². The smallest absolute Gasteiger partial charge is 0.233 e. The zero-order chi connectivity index (χ0) is 11.5. The molecule has 16 heavy (non-hydrogen) atoms. The second-order valence-corrected chi connectivity index (χ2v) is 3.37. The van der Waals surface area contributed by atoms with Crippen LogP contribution in [0.4, 0.5) is 0 Å². The molecular formula is C11H11N3O2. The quantitative estimate of drug-likeness (QED) is 0.788. The Morgan fingerprint density at radius 2 is 2.25 bits per heavy atom. The van der Waals surface area contributed by atoms with Crippen molar-refractivity contribution in [3.05, 3.63) is 41.5 Å². The van der Waals surface area contributed by atoms with Crippen LogP contribution >= 0.6 is 0 Å². The molecule has 0 unspecified atom stereocenters. The molecule has 1 aromatic heterocycles. The van der Waals surface area contributed by atoms with Gasteiger partial charge >= 0.3 is 0 Å². The number of aryl methyl sites for hydroxylation is 1. The van der Waals surface area contributed by atoms with Gasteiger partial charge in [-0.05, 0) is 19.1 Å². The number of carbonyl (C=O) groups excluding carboxylic acids is 1. The number of hydrogen-bond acceptors (Lipinski definition) is 4. The van der Waals surface area contributed by atoms with E-state index in [1.54, 1.807) is 12.1 Å². The standard InChI is InChI=1S/C11H11N3O2/c1-7-3-4-9(16-2)8(5-7)10(15)11-12-6-13-14-11/h3-6H,1-2H3,(H,12,13,14). The molecule has 0 aliphatic heterocycles. The second-order valence-electron chi connectivity index (χ2n) is 3.37. The van der Waals surface area contributed by atoms with Gasteiger partial charge in [-0.25, -0.2) is 4.98 Å². The van der Waals surface area contributed by atoms with Gasteiger partial charge in [-0.1, -0.05) is 11.6 Å². The van der Waals surface area contributed by atoms with Crippen LogP contribution in [0.3, 0.4) is 0 Å². The summed E-state index contributed by atoms with van der Waals surface area (Å²) in [5.41, 5.74) is 1.47. The summed E-state index contributed by atoms with van der Waals surface area (Å²) in [5, 5.41) is 6.19. The summed E-state index contributed by atoms with van der Waals surface area (Å²) in [5.74, 6) is 0.522. The molecule has 0 saturated carbocycles. The molecule has 0 aliphatic carbocycles. The molecule has 0 bridgehead atoms. The summed E-state index contributed by atoms with van der Waals surface area (Å²) in [6.07, 6.45) is 1.30. The first-order chi connectivity index (χ1) is 7.72. The van der Waals surface area contributed by atoms with Gasteiger partial charge in [0.15, 0.2) is 5.82 Å². The number of aromatic amines is 1. The van der Waals surface area contributed by atoms with Crippen molar-refractivity contribution < 1.29 is 9.53 Å². The van der Waals surface area contributed by atoms with E-state index in [0.29, 0.717) is 11.3 Å². The summed E-state index contributed by atoms with van der Waals surface area (Å²) >= 11 is 0. The van der Waals surface area contributed by atoms with Crippen molar-refractivity contribution >= 4 is 5.78 Å². The average Bonchev–Trinajstić information content (AvgIpc) is 2.81. The molecule has 0 spiro atoms. The average molecular weight is 217 g/mol. The van der Waals surface area contributed by atoms with Crippen LogP contribution < -0.4 is 4.74 Å². The van der Waals surface area contributed by atoms with Gasteiger partial charge in [0.05, 0.1) is 12.7 Å². The topological polar surface area (TPSA) is 67.9 Å². The first kappa shape index (κ1) is 10.4. The lowest BCUT2D eigenvalue weighted by Crippen LogP contribution is -2.06. The maximum atomic E-state index is 12.0. The van der Waals surface area contributed by atoms with Gasteiger partial charge in [-0.15, -0.1) is 0 Å². The largest absolute Gasteiger partial charge is 0.496 e. The van der Waals surface area contributed by atoms with Crippen LogP contribution in [-0.4, -0.2) is 28.1 Å². The first-order valence-corrected chi connectivity index (χ1v) is 4.77. The molecule has 0 saturated heterocycles. The Hall–Kier alpha value is -2.17. The van der Waals surface area contributed by atoms with E-state index in [-0.39, 0.29) is 11.6 Å². The van der Waals surface area contributed by atoms with Crippen molar-refractivity contribution in [1.82, 2.24) is 15.2 Å². The Morgan fingerprint density at radius 3 is 2.88 bits per heavy atom. The summed E-state index contributed by atoms with van der Waals surface area (Å²) in [6, 6.07) is 5.42. The number of nitrogens with zero attached hydrogens (tertiary/aromatic N) is 2. The summed E-state index contributed by atoms with van der Waals surface area (Å²) < 4.78 is 5.14. The first-order valence-electron chi connectivity index (χ1n) is 4.77. The molecule has 1 N–H and O–H groups in total. The number of rotatable bonds is 3.